The van der Waals surface area contributed by atoms with Crippen LogP contribution in [0.2, 0.25) is 0 Å². The third kappa shape index (κ3) is 5.28. The highest BCUT2D eigenvalue weighted by atomic mass is 16.5. The van der Waals surface area contributed by atoms with Gasteiger partial charge in [-0.15, -0.1) is 0 Å². The van der Waals surface area contributed by atoms with E-state index in [9.17, 15) is 4.79 Å². The minimum absolute atomic E-state index is 0.0257. The summed E-state index contributed by atoms with van der Waals surface area (Å²) in [5.41, 5.74) is 5.67. The Hall–Kier alpha value is -3.94. The van der Waals surface area contributed by atoms with Crippen LogP contribution in [-0.2, 0) is 17.8 Å². The molecular formula is C25H27N5O3. The van der Waals surface area contributed by atoms with E-state index in [0.29, 0.717) is 36.8 Å². The maximum Gasteiger partial charge on any atom is 0.220 e. The van der Waals surface area contributed by atoms with Gasteiger partial charge in [-0.05, 0) is 50.5 Å². The van der Waals surface area contributed by atoms with E-state index < -0.39 is 0 Å². The zero-order valence-corrected chi connectivity index (χ0v) is 19.3. The Bertz CT molecular complexity index is 1280. The van der Waals surface area contributed by atoms with Crippen LogP contribution in [0.3, 0.4) is 0 Å². The first-order valence-corrected chi connectivity index (χ1v) is 10.8. The summed E-state index contributed by atoms with van der Waals surface area (Å²) in [5, 5.41) is 7.44. The molecule has 4 aromatic rings. The fourth-order valence-corrected chi connectivity index (χ4v) is 3.69. The zero-order chi connectivity index (χ0) is 23.4. The number of nitrogens with one attached hydrogen (secondary N) is 1. The second-order valence-corrected chi connectivity index (χ2v) is 7.88. The molecular weight excluding hydrogens is 418 g/mol. The molecule has 0 aliphatic rings. The molecule has 33 heavy (non-hydrogen) atoms. The molecule has 0 aliphatic heterocycles. The van der Waals surface area contributed by atoms with E-state index in [2.05, 4.69) is 20.4 Å². The van der Waals surface area contributed by atoms with Crippen molar-refractivity contribution in [3.63, 3.8) is 0 Å². The van der Waals surface area contributed by atoms with Gasteiger partial charge in [0.1, 0.15) is 11.5 Å². The van der Waals surface area contributed by atoms with E-state index in [1.165, 1.54) is 0 Å². The molecule has 0 atom stereocenters. The number of amides is 1. The Labute approximate surface area is 192 Å². The van der Waals surface area contributed by atoms with Crippen molar-refractivity contribution < 1.29 is 14.3 Å². The van der Waals surface area contributed by atoms with E-state index >= 15 is 0 Å². The van der Waals surface area contributed by atoms with Crippen LogP contribution in [0, 0.1) is 20.8 Å². The molecule has 8 heteroatoms. The second kappa shape index (κ2) is 9.68. The lowest BCUT2D eigenvalue weighted by molar-refractivity contribution is -0.121. The Balaban J connectivity index is 1.30. The molecule has 0 unspecified atom stereocenters. The monoisotopic (exact) mass is 445 g/mol. The van der Waals surface area contributed by atoms with Crippen molar-refractivity contribution in [3.05, 3.63) is 76.9 Å². The van der Waals surface area contributed by atoms with E-state index in [1.54, 1.807) is 25.4 Å². The van der Waals surface area contributed by atoms with Gasteiger partial charge >= 0.3 is 0 Å². The summed E-state index contributed by atoms with van der Waals surface area (Å²) in [4.78, 5) is 21.4. The number of hydrogen-bond acceptors (Lipinski definition) is 6. The van der Waals surface area contributed by atoms with Crippen LogP contribution in [0.4, 0.5) is 0 Å². The molecule has 4 rings (SSSR count). The first-order chi connectivity index (χ1) is 15.9. The molecule has 1 N–H and O–H groups in total. The Morgan fingerprint density at radius 2 is 1.91 bits per heavy atom. The number of carbonyl (C=O) groups excluding carboxylic acids is 1. The predicted octanol–water partition coefficient (Wildman–Crippen LogP) is 4.10. The predicted molar refractivity (Wildman–Crippen MR) is 125 cm³/mol. The lowest BCUT2D eigenvalue weighted by Gasteiger charge is -2.11. The lowest BCUT2D eigenvalue weighted by Crippen LogP contribution is -2.23. The van der Waals surface area contributed by atoms with Crippen LogP contribution in [0.25, 0.3) is 5.65 Å². The first-order valence-electron chi connectivity index (χ1n) is 10.8. The molecule has 0 radical (unpaired) electrons. The summed E-state index contributed by atoms with van der Waals surface area (Å²) in [6.07, 6.45) is 2.68. The molecule has 1 aromatic carbocycles. The fourth-order valence-electron chi connectivity index (χ4n) is 3.69. The Morgan fingerprint density at radius 1 is 1.09 bits per heavy atom. The molecule has 0 fully saturated rings. The summed E-state index contributed by atoms with van der Waals surface area (Å²) < 4.78 is 12.8. The maximum absolute atomic E-state index is 12.4. The van der Waals surface area contributed by atoms with Crippen LogP contribution < -0.4 is 14.8 Å². The Morgan fingerprint density at radius 3 is 2.67 bits per heavy atom. The van der Waals surface area contributed by atoms with Crippen molar-refractivity contribution in [2.45, 2.75) is 40.2 Å². The van der Waals surface area contributed by atoms with Crippen LogP contribution in [0.1, 0.15) is 34.6 Å². The molecule has 0 spiro atoms. The van der Waals surface area contributed by atoms with E-state index in [0.717, 1.165) is 33.9 Å². The highest BCUT2D eigenvalue weighted by molar-refractivity contribution is 5.76. The van der Waals surface area contributed by atoms with Gasteiger partial charge in [0.2, 0.25) is 11.8 Å². The summed E-state index contributed by atoms with van der Waals surface area (Å²) in [6, 6.07) is 12.9. The largest absolute Gasteiger partial charge is 0.497 e. The van der Waals surface area contributed by atoms with Crippen LogP contribution in [0.15, 0.2) is 48.7 Å². The SMILES string of the molecule is COc1cccc(Oc2ccc(CNC(=O)CCc3c(C)nc4cc(C)nn4c3C)cn2)c1. The molecule has 3 heterocycles. The van der Waals surface area contributed by atoms with Gasteiger partial charge in [0.15, 0.2) is 5.65 Å². The van der Waals surface area contributed by atoms with Crippen LogP contribution in [0.5, 0.6) is 17.4 Å². The maximum atomic E-state index is 12.4. The van der Waals surface area contributed by atoms with Gasteiger partial charge in [-0.2, -0.15) is 5.10 Å². The number of fused-ring (bicyclic) bond motifs is 1. The Kier molecular flexibility index (Phi) is 6.53. The van der Waals surface area contributed by atoms with Crippen molar-refractivity contribution in [3.8, 4) is 17.4 Å². The van der Waals surface area contributed by atoms with Gasteiger partial charge in [0.25, 0.3) is 0 Å². The standard InChI is InChI=1S/C25H27N5O3/c1-16-12-23-28-17(2)22(18(3)30(23)29-16)9-10-24(31)26-14-19-8-11-25(27-15-19)33-21-7-5-6-20(13-21)32-4/h5-8,11-13,15H,9-10,14H2,1-4H3,(H,26,31). The van der Waals surface area contributed by atoms with Gasteiger partial charge < -0.3 is 14.8 Å². The molecule has 3 aromatic heterocycles. The van der Waals surface area contributed by atoms with Gasteiger partial charge in [-0.3, -0.25) is 4.79 Å². The number of methoxy groups -OCH3 is 1. The molecule has 8 nitrogen and oxygen atoms in total. The first kappa shape index (κ1) is 22.3. The van der Waals surface area contributed by atoms with Gasteiger partial charge in [0, 0.05) is 48.7 Å². The summed E-state index contributed by atoms with van der Waals surface area (Å²) in [5.74, 6) is 1.81. The van der Waals surface area contributed by atoms with Gasteiger partial charge in [0.05, 0.1) is 12.8 Å². The molecule has 1 amide bonds. The van der Waals surface area contributed by atoms with Crippen molar-refractivity contribution in [1.82, 2.24) is 24.9 Å². The van der Waals surface area contributed by atoms with Crippen molar-refractivity contribution in [2.24, 2.45) is 0 Å². The molecule has 170 valence electrons. The number of rotatable bonds is 8. The molecule has 0 bridgehead atoms. The molecule has 0 saturated heterocycles. The second-order valence-electron chi connectivity index (χ2n) is 7.88. The summed E-state index contributed by atoms with van der Waals surface area (Å²) >= 11 is 0. The number of carbonyl (C=O) groups is 1. The quantitative estimate of drug-likeness (QED) is 0.439. The molecule has 0 saturated carbocycles. The normalized spacial score (nSPS) is 10.9. The number of benzene rings is 1. The highest BCUT2D eigenvalue weighted by Crippen LogP contribution is 2.24. The molecule has 0 aliphatic carbocycles. The summed E-state index contributed by atoms with van der Waals surface area (Å²) in [7, 11) is 1.61. The number of aryl methyl sites for hydroxylation is 3. The number of ether oxygens (including phenoxy) is 2. The summed E-state index contributed by atoms with van der Waals surface area (Å²) in [6.45, 7) is 6.34. The number of pyridine rings is 1. The van der Waals surface area contributed by atoms with Crippen LogP contribution >= 0.6 is 0 Å². The van der Waals surface area contributed by atoms with Crippen LogP contribution in [-0.4, -0.2) is 32.6 Å². The number of hydrogen-bond donors (Lipinski definition) is 1. The minimum atomic E-state index is -0.0257. The lowest BCUT2D eigenvalue weighted by atomic mass is 10.1. The minimum Gasteiger partial charge on any atom is -0.497 e. The van der Waals surface area contributed by atoms with Gasteiger partial charge in [-0.1, -0.05) is 12.1 Å². The topological polar surface area (TPSA) is 90.6 Å². The third-order valence-electron chi connectivity index (χ3n) is 5.44. The van der Waals surface area contributed by atoms with Crippen molar-refractivity contribution in [2.75, 3.05) is 7.11 Å². The van der Waals surface area contributed by atoms with E-state index in [4.69, 9.17) is 9.47 Å². The highest BCUT2D eigenvalue weighted by Gasteiger charge is 2.13. The van der Waals surface area contributed by atoms with Crippen molar-refractivity contribution in [1.29, 1.82) is 0 Å². The zero-order valence-electron chi connectivity index (χ0n) is 19.3. The average Bonchev–Trinajstić information content (AvgIpc) is 3.18. The van der Waals surface area contributed by atoms with E-state index in [1.807, 2.05) is 55.6 Å². The number of nitrogens with zero attached hydrogens (tertiary/aromatic N) is 4. The third-order valence-corrected chi connectivity index (χ3v) is 5.44. The smallest absolute Gasteiger partial charge is 0.220 e. The van der Waals surface area contributed by atoms with Gasteiger partial charge in [-0.25, -0.2) is 14.5 Å². The van der Waals surface area contributed by atoms with Crippen molar-refractivity contribution >= 4 is 11.6 Å². The fraction of sp³-hybridized carbons (Fsp3) is 0.280. The van der Waals surface area contributed by atoms with E-state index in [-0.39, 0.29) is 5.91 Å². The number of aromatic nitrogens is 4. The average molecular weight is 446 g/mol.